The van der Waals surface area contributed by atoms with Crippen molar-refractivity contribution < 1.29 is 0 Å². The van der Waals surface area contributed by atoms with Gasteiger partial charge in [0, 0.05) is 18.4 Å². The Kier molecular flexibility index (Phi) is 5.18. The van der Waals surface area contributed by atoms with E-state index in [1.807, 2.05) is 18.5 Å². The van der Waals surface area contributed by atoms with Gasteiger partial charge in [-0.25, -0.2) is 0 Å². The first-order chi connectivity index (χ1) is 8.83. The van der Waals surface area contributed by atoms with Gasteiger partial charge in [-0.1, -0.05) is 32.8 Å². The van der Waals surface area contributed by atoms with Crippen LogP contribution in [0.1, 0.15) is 45.1 Å². The lowest BCUT2D eigenvalue weighted by Gasteiger charge is -2.24. The highest BCUT2D eigenvalue weighted by Crippen LogP contribution is 2.35. The summed E-state index contributed by atoms with van der Waals surface area (Å²) in [6.07, 6.45) is 10.6. The fourth-order valence-corrected chi connectivity index (χ4v) is 3.29. The molecule has 3 unspecified atom stereocenters. The van der Waals surface area contributed by atoms with Crippen molar-refractivity contribution in [1.29, 1.82) is 0 Å². The lowest BCUT2D eigenvalue weighted by molar-refractivity contribution is 0.348. The third-order valence-electron chi connectivity index (χ3n) is 4.37. The molecule has 0 aromatic carbocycles. The van der Waals surface area contributed by atoms with E-state index in [1.165, 1.54) is 31.2 Å². The summed E-state index contributed by atoms with van der Waals surface area (Å²) in [6, 6.07) is 4.88. The maximum atomic E-state index is 4.23. The number of nitrogens with one attached hydrogen (secondary N) is 1. The normalized spacial score (nSPS) is 25.2. The van der Waals surface area contributed by atoms with E-state index in [-0.39, 0.29) is 0 Å². The molecule has 18 heavy (non-hydrogen) atoms. The molecular weight excluding hydrogens is 220 g/mol. The summed E-state index contributed by atoms with van der Waals surface area (Å²) in [6.45, 7) is 5.61. The van der Waals surface area contributed by atoms with Crippen LogP contribution in [0.15, 0.2) is 24.5 Å². The van der Waals surface area contributed by atoms with Crippen molar-refractivity contribution in [3.63, 3.8) is 0 Å². The van der Waals surface area contributed by atoms with Crippen molar-refractivity contribution in [2.75, 3.05) is 6.54 Å². The van der Waals surface area contributed by atoms with Gasteiger partial charge >= 0.3 is 0 Å². The highest BCUT2D eigenvalue weighted by Gasteiger charge is 2.29. The van der Waals surface area contributed by atoms with Gasteiger partial charge in [0.2, 0.25) is 0 Å². The Labute approximate surface area is 111 Å². The Morgan fingerprint density at radius 2 is 2.28 bits per heavy atom. The molecule has 2 heteroatoms. The third kappa shape index (κ3) is 3.55. The molecule has 0 bridgehead atoms. The van der Waals surface area contributed by atoms with Crippen LogP contribution in [0.5, 0.6) is 0 Å². The SMILES string of the molecule is CCNC(Cc1cccnc1)C1CCC(CC)C1. The quantitative estimate of drug-likeness (QED) is 0.832. The fraction of sp³-hybridized carbons (Fsp3) is 0.688. The second-order valence-corrected chi connectivity index (χ2v) is 5.58. The molecule has 1 heterocycles. The molecule has 1 saturated carbocycles. The molecule has 3 atom stereocenters. The molecule has 0 amide bonds. The van der Waals surface area contributed by atoms with E-state index in [2.05, 4.69) is 30.2 Å². The number of hydrogen-bond donors (Lipinski definition) is 1. The van der Waals surface area contributed by atoms with Crippen molar-refractivity contribution in [2.45, 2.75) is 52.0 Å². The first-order valence-corrected chi connectivity index (χ1v) is 7.45. The summed E-state index contributed by atoms with van der Waals surface area (Å²) in [5, 5.41) is 3.69. The van der Waals surface area contributed by atoms with Crippen LogP contribution < -0.4 is 5.32 Å². The second kappa shape index (κ2) is 6.89. The van der Waals surface area contributed by atoms with Gasteiger partial charge in [0.25, 0.3) is 0 Å². The highest BCUT2D eigenvalue weighted by molar-refractivity contribution is 5.11. The van der Waals surface area contributed by atoms with Gasteiger partial charge in [0.15, 0.2) is 0 Å². The smallest absolute Gasteiger partial charge is 0.0300 e. The van der Waals surface area contributed by atoms with Crippen molar-refractivity contribution in [3.8, 4) is 0 Å². The topological polar surface area (TPSA) is 24.9 Å². The maximum Gasteiger partial charge on any atom is 0.0300 e. The Morgan fingerprint density at radius 1 is 1.39 bits per heavy atom. The summed E-state index contributed by atoms with van der Waals surface area (Å²) in [5.41, 5.74) is 1.36. The van der Waals surface area contributed by atoms with Gasteiger partial charge in [-0.05, 0) is 49.3 Å². The molecule has 0 aliphatic heterocycles. The Hall–Kier alpha value is -0.890. The summed E-state index contributed by atoms with van der Waals surface area (Å²) < 4.78 is 0. The zero-order chi connectivity index (χ0) is 12.8. The first-order valence-electron chi connectivity index (χ1n) is 7.45. The lowest BCUT2D eigenvalue weighted by Crippen LogP contribution is -2.37. The van der Waals surface area contributed by atoms with Gasteiger partial charge in [0.1, 0.15) is 0 Å². The zero-order valence-corrected chi connectivity index (χ0v) is 11.7. The van der Waals surface area contributed by atoms with Crippen molar-refractivity contribution in [2.24, 2.45) is 11.8 Å². The fourth-order valence-electron chi connectivity index (χ4n) is 3.29. The van der Waals surface area contributed by atoms with E-state index in [4.69, 9.17) is 0 Å². The molecule has 1 fully saturated rings. The van der Waals surface area contributed by atoms with Gasteiger partial charge in [-0.2, -0.15) is 0 Å². The highest BCUT2D eigenvalue weighted by atomic mass is 14.9. The molecule has 1 aliphatic carbocycles. The Balaban J connectivity index is 1.96. The standard InChI is InChI=1S/C16H26N2/c1-3-13-7-8-15(10-13)16(18-4-2)11-14-6-5-9-17-12-14/h5-6,9,12-13,15-16,18H,3-4,7-8,10-11H2,1-2H3. The predicted molar refractivity (Wildman–Crippen MR) is 76.5 cm³/mol. The minimum absolute atomic E-state index is 0.635. The number of rotatable bonds is 6. The zero-order valence-electron chi connectivity index (χ0n) is 11.7. The largest absolute Gasteiger partial charge is 0.314 e. The van der Waals surface area contributed by atoms with Crippen LogP contribution >= 0.6 is 0 Å². The van der Waals surface area contributed by atoms with Gasteiger partial charge in [0.05, 0.1) is 0 Å². The molecule has 1 aromatic rings. The predicted octanol–water partition coefficient (Wildman–Crippen LogP) is 3.43. The summed E-state index contributed by atoms with van der Waals surface area (Å²) in [5.74, 6) is 1.82. The van der Waals surface area contributed by atoms with E-state index in [9.17, 15) is 0 Å². The van der Waals surface area contributed by atoms with Crippen LogP contribution in [0, 0.1) is 11.8 Å². The van der Waals surface area contributed by atoms with Crippen LogP contribution in [0.4, 0.5) is 0 Å². The van der Waals surface area contributed by atoms with Crippen LogP contribution in [0.2, 0.25) is 0 Å². The average molecular weight is 246 g/mol. The number of pyridine rings is 1. The Morgan fingerprint density at radius 3 is 2.89 bits per heavy atom. The molecule has 1 aliphatic rings. The van der Waals surface area contributed by atoms with Crippen molar-refractivity contribution >= 4 is 0 Å². The van der Waals surface area contributed by atoms with E-state index in [1.54, 1.807) is 0 Å². The van der Waals surface area contributed by atoms with Crippen LogP contribution in [0.3, 0.4) is 0 Å². The Bertz CT molecular complexity index is 336. The monoisotopic (exact) mass is 246 g/mol. The number of nitrogens with zero attached hydrogens (tertiary/aromatic N) is 1. The van der Waals surface area contributed by atoms with Crippen molar-refractivity contribution in [3.05, 3.63) is 30.1 Å². The number of likely N-dealkylation sites (N-methyl/N-ethyl adjacent to an activating group) is 1. The first kappa shape index (κ1) is 13.5. The number of aromatic nitrogens is 1. The summed E-state index contributed by atoms with van der Waals surface area (Å²) in [4.78, 5) is 4.23. The van der Waals surface area contributed by atoms with Gasteiger partial charge < -0.3 is 5.32 Å². The van der Waals surface area contributed by atoms with Crippen molar-refractivity contribution in [1.82, 2.24) is 10.3 Å². The van der Waals surface area contributed by atoms with Crippen LogP contribution in [-0.2, 0) is 6.42 Å². The summed E-state index contributed by atoms with van der Waals surface area (Å²) >= 11 is 0. The second-order valence-electron chi connectivity index (χ2n) is 5.58. The van der Waals surface area contributed by atoms with E-state index in [0.717, 1.165) is 24.8 Å². The van der Waals surface area contributed by atoms with E-state index >= 15 is 0 Å². The molecule has 0 radical (unpaired) electrons. The molecule has 100 valence electrons. The molecule has 1 N–H and O–H groups in total. The van der Waals surface area contributed by atoms with Gasteiger partial charge in [-0.15, -0.1) is 0 Å². The summed E-state index contributed by atoms with van der Waals surface area (Å²) in [7, 11) is 0. The maximum absolute atomic E-state index is 4.23. The third-order valence-corrected chi connectivity index (χ3v) is 4.37. The lowest BCUT2D eigenvalue weighted by atomic mass is 9.91. The van der Waals surface area contributed by atoms with Crippen LogP contribution in [-0.4, -0.2) is 17.6 Å². The molecule has 1 aromatic heterocycles. The molecular formula is C16H26N2. The molecule has 0 spiro atoms. The molecule has 2 nitrogen and oxygen atoms in total. The minimum atomic E-state index is 0.635. The molecule has 2 rings (SSSR count). The minimum Gasteiger partial charge on any atom is -0.314 e. The average Bonchev–Trinajstić information content (AvgIpc) is 2.88. The van der Waals surface area contributed by atoms with Gasteiger partial charge in [-0.3, -0.25) is 4.98 Å². The van der Waals surface area contributed by atoms with Crippen LogP contribution in [0.25, 0.3) is 0 Å². The van der Waals surface area contributed by atoms with E-state index < -0.39 is 0 Å². The number of hydrogen-bond acceptors (Lipinski definition) is 2. The van der Waals surface area contributed by atoms with E-state index in [0.29, 0.717) is 6.04 Å². The molecule has 0 saturated heterocycles.